The van der Waals surface area contributed by atoms with Gasteiger partial charge in [-0.05, 0) is 45.2 Å². The Balaban J connectivity index is 1.76. The zero-order valence-corrected chi connectivity index (χ0v) is 14.2. The van der Waals surface area contributed by atoms with E-state index in [1.54, 1.807) is 0 Å². The summed E-state index contributed by atoms with van der Waals surface area (Å²) in [6.45, 7) is 7.01. The van der Waals surface area contributed by atoms with Crippen LogP contribution in [0.25, 0.3) is 0 Å². The summed E-state index contributed by atoms with van der Waals surface area (Å²) in [4.78, 5) is 14.3. The molecule has 0 aliphatic carbocycles. The molecule has 1 atom stereocenters. The molecule has 0 saturated heterocycles. The van der Waals surface area contributed by atoms with Crippen molar-refractivity contribution in [3.63, 3.8) is 0 Å². The molecule has 1 amide bonds. The van der Waals surface area contributed by atoms with E-state index in [-0.39, 0.29) is 11.9 Å². The van der Waals surface area contributed by atoms with Crippen molar-refractivity contribution in [3.8, 4) is 0 Å². The van der Waals surface area contributed by atoms with Gasteiger partial charge in [-0.2, -0.15) is 0 Å². The maximum absolute atomic E-state index is 12.4. The Bertz CT molecular complexity index is 669. The molecular formula is C16H22N4OS. The van der Waals surface area contributed by atoms with Crippen molar-refractivity contribution in [2.24, 2.45) is 0 Å². The van der Waals surface area contributed by atoms with Crippen LogP contribution >= 0.6 is 11.3 Å². The molecule has 6 heteroatoms. The zero-order chi connectivity index (χ0) is 15.7. The highest BCUT2D eigenvalue weighted by atomic mass is 32.1. The van der Waals surface area contributed by atoms with E-state index in [0.29, 0.717) is 0 Å². The standard InChI is InChI=1S/C16H22N4OS/c1-10-9-13(22-12(10)3)16(21)17-11(2)15-19-18-14-7-5-4-6-8-20(14)15/h9,11H,4-8H2,1-3H3,(H,17,21)/t11-/m1/s1. The number of nitrogens with one attached hydrogen (secondary N) is 1. The van der Waals surface area contributed by atoms with Crippen molar-refractivity contribution in [1.82, 2.24) is 20.1 Å². The number of carbonyl (C=O) groups excluding carboxylic acids is 1. The zero-order valence-electron chi connectivity index (χ0n) is 13.3. The fraction of sp³-hybridized carbons (Fsp3) is 0.562. The minimum Gasteiger partial charge on any atom is -0.342 e. The first kappa shape index (κ1) is 15.2. The monoisotopic (exact) mass is 318 g/mol. The molecule has 1 aliphatic rings. The lowest BCUT2D eigenvalue weighted by Crippen LogP contribution is -2.28. The molecule has 2 aromatic rings. The average Bonchev–Trinajstić information content (AvgIpc) is 2.95. The fourth-order valence-electron chi connectivity index (χ4n) is 2.85. The quantitative estimate of drug-likeness (QED) is 0.945. The van der Waals surface area contributed by atoms with Crippen LogP contribution in [-0.4, -0.2) is 20.7 Å². The Hall–Kier alpha value is -1.69. The van der Waals surface area contributed by atoms with Crippen LogP contribution < -0.4 is 5.32 Å². The van der Waals surface area contributed by atoms with Crippen molar-refractivity contribution >= 4 is 17.2 Å². The number of amides is 1. The van der Waals surface area contributed by atoms with Crippen molar-refractivity contribution in [2.45, 2.75) is 59.0 Å². The van der Waals surface area contributed by atoms with Crippen LogP contribution in [0.4, 0.5) is 0 Å². The summed E-state index contributed by atoms with van der Waals surface area (Å²) >= 11 is 1.54. The Morgan fingerprint density at radius 2 is 2.14 bits per heavy atom. The Labute approximate surface area is 134 Å². The van der Waals surface area contributed by atoms with Crippen LogP contribution in [-0.2, 0) is 13.0 Å². The Kier molecular flexibility index (Phi) is 4.29. The molecule has 0 radical (unpaired) electrons. The van der Waals surface area contributed by atoms with Gasteiger partial charge in [0, 0.05) is 17.8 Å². The lowest BCUT2D eigenvalue weighted by atomic mass is 10.2. The van der Waals surface area contributed by atoms with Gasteiger partial charge in [0.2, 0.25) is 0 Å². The highest BCUT2D eigenvalue weighted by molar-refractivity contribution is 7.14. The number of thiophene rings is 1. The van der Waals surface area contributed by atoms with Crippen molar-refractivity contribution < 1.29 is 4.79 Å². The van der Waals surface area contributed by atoms with Crippen LogP contribution in [0.15, 0.2) is 6.07 Å². The topological polar surface area (TPSA) is 59.8 Å². The smallest absolute Gasteiger partial charge is 0.261 e. The summed E-state index contributed by atoms with van der Waals surface area (Å²) in [7, 11) is 0. The molecule has 3 rings (SSSR count). The number of carbonyl (C=O) groups is 1. The summed E-state index contributed by atoms with van der Waals surface area (Å²) in [5.41, 5.74) is 1.17. The molecule has 1 aliphatic heterocycles. The van der Waals surface area contributed by atoms with Gasteiger partial charge in [0.05, 0.1) is 10.9 Å². The minimum absolute atomic E-state index is 0.0281. The first-order valence-corrected chi connectivity index (χ1v) is 8.68. The van der Waals surface area contributed by atoms with E-state index in [4.69, 9.17) is 0 Å². The Morgan fingerprint density at radius 1 is 1.32 bits per heavy atom. The van der Waals surface area contributed by atoms with Crippen molar-refractivity contribution in [2.75, 3.05) is 0 Å². The molecule has 1 N–H and O–H groups in total. The van der Waals surface area contributed by atoms with E-state index < -0.39 is 0 Å². The number of nitrogens with zero attached hydrogens (tertiary/aromatic N) is 3. The van der Waals surface area contributed by atoms with Crippen LogP contribution in [0.5, 0.6) is 0 Å². The van der Waals surface area contributed by atoms with E-state index in [2.05, 4.69) is 20.1 Å². The van der Waals surface area contributed by atoms with Crippen molar-refractivity contribution in [1.29, 1.82) is 0 Å². The predicted octanol–water partition coefficient (Wildman–Crippen LogP) is 3.17. The molecule has 0 aromatic carbocycles. The molecule has 0 fully saturated rings. The molecule has 5 nitrogen and oxygen atoms in total. The van der Waals surface area contributed by atoms with Gasteiger partial charge in [0.1, 0.15) is 5.82 Å². The summed E-state index contributed by atoms with van der Waals surface area (Å²) in [6, 6.07) is 1.82. The SMILES string of the molecule is Cc1cc(C(=O)N[C@H](C)c2nnc3n2CCCCC3)sc1C. The van der Waals surface area contributed by atoms with Gasteiger partial charge in [0.15, 0.2) is 5.82 Å². The summed E-state index contributed by atoms with van der Waals surface area (Å²) < 4.78 is 2.18. The lowest BCUT2D eigenvalue weighted by Gasteiger charge is -2.14. The van der Waals surface area contributed by atoms with Gasteiger partial charge in [0.25, 0.3) is 5.91 Å². The van der Waals surface area contributed by atoms with E-state index in [1.807, 2.05) is 26.8 Å². The van der Waals surface area contributed by atoms with Gasteiger partial charge in [-0.15, -0.1) is 21.5 Å². The summed E-state index contributed by atoms with van der Waals surface area (Å²) in [5.74, 6) is 1.89. The van der Waals surface area contributed by atoms with Crippen LogP contribution in [0.3, 0.4) is 0 Å². The van der Waals surface area contributed by atoms with Gasteiger partial charge in [-0.3, -0.25) is 4.79 Å². The third-order valence-electron chi connectivity index (χ3n) is 4.26. The van der Waals surface area contributed by atoms with Crippen LogP contribution in [0, 0.1) is 13.8 Å². The molecule has 0 unspecified atom stereocenters. The predicted molar refractivity (Wildman–Crippen MR) is 87.3 cm³/mol. The second kappa shape index (κ2) is 6.20. The van der Waals surface area contributed by atoms with E-state index >= 15 is 0 Å². The summed E-state index contributed by atoms with van der Waals surface area (Å²) in [6.07, 6.45) is 4.54. The fourth-order valence-corrected chi connectivity index (χ4v) is 3.78. The number of aromatic nitrogens is 3. The van der Waals surface area contributed by atoms with E-state index in [1.165, 1.54) is 34.6 Å². The number of aryl methyl sites for hydroxylation is 3. The maximum Gasteiger partial charge on any atom is 0.261 e. The number of fused-ring (bicyclic) bond motifs is 1. The normalized spacial score (nSPS) is 16.0. The third-order valence-corrected chi connectivity index (χ3v) is 5.41. The summed E-state index contributed by atoms with van der Waals surface area (Å²) in [5, 5.41) is 11.7. The third kappa shape index (κ3) is 2.92. The molecular weight excluding hydrogens is 296 g/mol. The molecule has 0 saturated carbocycles. The maximum atomic E-state index is 12.4. The molecule has 0 bridgehead atoms. The van der Waals surface area contributed by atoms with Gasteiger partial charge < -0.3 is 9.88 Å². The second-order valence-corrected chi connectivity index (χ2v) is 7.24. The Morgan fingerprint density at radius 3 is 2.86 bits per heavy atom. The van der Waals surface area contributed by atoms with Crippen LogP contribution in [0.2, 0.25) is 0 Å². The van der Waals surface area contributed by atoms with Crippen molar-refractivity contribution in [3.05, 3.63) is 33.0 Å². The average molecular weight is 318 g/mol. The number of rotatable bonds is 3. The largest absolute Gasteiger partial charge is 0.342 e. The van der Waals surface area contributed by atoms with Gasteiger partial charge in [-0.1, -0.05) is 6.42 Å². The minimum atomic E-state index is -0.130. The molecule has 3 heterocycles. The van der Waals surface area contributed by atoms with Gasteiger partial charge >= 0.3 is 0 Å². The molecule has 118 valence electrons. The molecule has 22 heavy (non-hydrogen) atoms. The van der Waals surface area contributed by atoms with Gasteiger partial charge in [-0.25, -0.2) is 0 Å². The van der Waals surface area contributed by atoms with E-state index in [0.717, 1.165) is 35.9 Å². The highest BCUT2D eigenvalue weighted by Gasteiger charge is 2.21. The molecule has 0 spiro atoms. The first-order valence-electron chi connectivity index (χ1n) is 7.86. The molecule has 2 aromatic heterocycles. The highest BCUT2D eigenvalue weighted by Crippen LogP contribution is 2.22. The number of hydrogen-bond acceptors (Lipinski definition) is 4. The van der Waals surface area contributed by atoms with E-state index in [9.17, 15) is 4.79 Å². The van der Waals surface area contributed by atoms with Crippen LogP contribution in [0.1, 0.15) is 64.0 Å². The number of hydrogen-bond donors (Lipinski definition) is 1. The second-order valence-electron chi connectivity index (χ2n) is 5.98. The first-order chi connectivity index (χ1) is 10.6. The lowest BCUT2D eigenvalue weighted by molar-refractivity contribution is 0.0941.